The number of anilines is 1. The molecule has 1 aromatic heterocycles. The van der Waals surface area contributed by atoms with Crippen LogP contribution in [0.15, 0.2) is 102 Å². The molecule has 1 aromatic rings. The van der Waals surface area contributed by atoms with Gasteiger partial charge in [-0.15, -0.1) is 0 Å². The molecule has 0 radical (unpaired) electrons. The molecular formula is C55H89N3O17P2. The van der Waals surface area contributed by atoms with Crippen molar-refractivity contribution in [1.29, 1.82) is 0 Å². The molecular weight excluding hydrogens is 1040 g/mol. The first-order valence-electron chi connectivity index (χ1n) is 27.3. The Kier molecular flexibility index (Phi) is 37.5. The standard InChI is InChI=1S/C55H89N3O17P2/c1-3-5-7-8-9-10-11-12-13-14-15-16-17-18-19-20-21-25-28-32-38-51(62)73-47(42-70-50(61)39-33-37-46(60)36-31-27-24-22-23-26-30-35-45(59)34-29-6-4-2)43-71-76(66,67)75-77(68,69)72-44-48-52(63)53(64)54(74-48)58-41-40-49(56)57-55(58)65/h10-11,13-14,16-17,23-24,26-27,30-31,35-36,40-41,45-48,52-54,59-60,63-64H,3-9,12,15,18-22,25,28-29,32-34,37-39,42-44H2,1-2H3,(H,66,67)(H,68,69)(H2,56,57,65)/b11-10-,14-13-,17-16-,26-23-,27-24-,35-30+,36-31+/t45-,46-,47+,48+,52+,53+,54+/m0/s1. The first-order chi connectivity index (χ1) is 37.0. The molecule has 1 saturated heterocycles. The Morgan fingerprint density at radius 2 is 1.22 bits per heavy atom. The van der Waals surface area contributed by atoms with Gasteiger partial charge in [-0.05, 0) is 76.7 Å². The molecule has 20 nitrogen and oxygen atoms in total. The number of allylic oxidation sites excluding steroid dienone is 12. The summed E-state index contributed by atoms with van der Waals surface area (Å²) in [6.07, 6.45) is 38.5. The minimum absolute atomic E-state index is 0.0184. The number of aliphatic hydroxyl groups is 4. The molecule has 1 fully saturated rings. The third-order valence-corrected chi connectivity index (χ3v) is 14.5. The van der Waals surface area contributed by atoms with Crippen LogP contribution in [0.25, 0.3) is 0 Å². The van der Waals surface area contributed by atoms with Gasteiger partial charge in [0.1, 0.15) is 30.7 Å². The number of nitrogens with zero attached hydrogens (tertiary/aromatic N) is 2. The minimum Gasteiger partial charge on any atom is -0.462 e. The van der Waals surface area contributed by atoms with Crippen LogP contribution in [0.3, 0.4) is 0 Å². The summed E-state index contributed by atoms with van der Waals surface area (Å²) in [4.78, 5) is 62.1. The summed E-state index contributed by atoms with van der Waals surface area (Å²) in [6.45, 7) is 1.81. The van der Waals surface area contributed by atoms with Gasteiger partial charge in [-0.3, -0.25) is 23.2 Å². The number of carbonyl (C=O) groups is 2. The maximum Gasteiger partial charge on any atom is 0.481 e. The highest BCUT2D eigenvalue weighted by Gasteiger charge is 2.46. The number of ether oxygens (including phenoxy) is 3. The highest BCUT2D eigenvalue weighted by molar-refractivity contribution is 7.61. The van der Waals surface area contributed by atoms with Crippen LogP contribution in [-0.4, -0.2) is 108 Å². The van der Waals surface area contributed by atoms with E-state index < -0.39 is 95.9 Å². The first-order valence-corrected chi connectivity index (χ1v) is 30.3. The van der Waals surface area contributed by atoms with Gasteiger partial charge in [-0.25, -0.2) is 13.9 Å². The summed E-state index contributed by atoms with van der Waals surface area (Å²) in [5, 5.41) is 41.2. The smallest absolute Gasteiger partial charge is 0.462 e. The van der Waals surface area contributed by atoms with Crippen molar-refractivity contribution in [3.8, 4) is 0 Å². The molecule has 8 N–H and O–H groups in total. The van der Waals surface area contributed by atoms with Crippen LogP contribution >= 0.6 is 15.6 Å². The second-order valence-electron chi connectivity index (χ2n) is 18.8. The van der Waals surface area contributed by atoms with Gasteiger partial charge < -0.3 is 50.2 Å². The second-order valence-corrected chi connectivity index (χ2v) is 21.8. The number of aromatic nitrogens is 2. The summed E-state index contributed by atoms with van der Waals surface area (Å²) in [7, 11) is -11.0. The Bertz CT molecular complexity index is 2160. The van der Waals surface area contributed by atoms with Crippen molar-refractivity contribution in [3.05, 3.63) is 108 Å². The van der Waals surface area contributed by atoms with Crippen molar-refractivity contribution in [2.45, 2.75) is 204 Å². The monoisotopic (exact) mass is 1130 g/mol. The van der Waals surface area contributed by atoms with E-state index in [0.29, 0.717) is 12.8 Å². The molecule has 0 bridgehead atoms. The van der Waals surface area contributed by atoms with E-state index in [1.165, 1.54) is 31.7 Å². The van der Waals surface area contributed by atoms with Crippen LogP contribution in [0.2, 0.25) is 0 Å². The number of phosphoric acid groups is 2. The molecule has 0 aromatic carbocycles. The average Bonchev–Trinajstić information content (AvgIpc) is 3.66. The van der Waals surface area contributed by atoms with Gasteiger partial charge in [0.05, 0.1) is 25.4 Å². The number of rotatable bonds is 44. The van der Waals surface area contributed by atoms with E-state index in [2.05, 4.69) is 59.6 Å². The third-order valence-electron chi connectivity index (χ3n) is 11.9. The fourth-order valence-electron chi connectivity index (χ4n) is 7.59. The van der Waals surface area contributed by atoms with Crippen molar-refractivity contribution in [2.24, 2.45) is 0 Å². The number of nitrogen functional groups attached to an aromatic ring is 1. The lowest BCUT2D eigenvalue weighted by molar-refractivity contribution is -0.161. The fourth-order valence-corrected chi connectivity index (χ4v) is 9.70. The highest BCUT2D eigenvalue weighted by atomic mass is 31.3. The number of unbranched alkanes of at least 4 members (excludes halogenated alkanes) is 12. The van der Waals surface area contributed by atoms with Gasteiger partial charge in [0, 0.05) is 19.0 Å². The Balaban J connectivity index is 1.85. The predicted octanol–water partition coefficient (Wildman–Crippen LogP) is 9.78. The van der Waals surface area contributed by atoms with Gasteiger partial charge in [-0.2, -0.15) is 9.29 Å². The summed E-state index contributed by atoms with van der Waals surface area (Å²) in [5.41, 5.74) is 4.57. The minimum atomic E-state index is -5.49. The SMILES string of the molecule is CCCCCC/C=C\C/C=C\C/C=C\CCCCCCCCC(=O)O[C@H](COC(=O)CCC[C@@H](O)/C=C/C=C\C/C=C\C=C\[C@@H](O)CCCCC)COP(=O)(O)OP(=O)(O)OC[C@H]1O[C@@H](n2ccc(N)nc2=O)[C@H](O)[C@@H]1O. The number of carbonyl (C=O) groups excluding carboxylic acids is 2. The van der Waals surface area contributed by atoms with Crippen LogP contribution in [0.1, 0.15) is 168 Å². The zero-order chi connectivity index (χ0) is 56.6. The van der Waals surface area contributed by atoms with Crippen LogP contribution in [0.4, 0.5) is 5.82 Å². The molecule has 0 spiro atoms. The number of hydrogen-bond donors (Lipinski definition) is 7. The van der Waals surface area contributed by atoms with Gasteiger partial charge in [0.15, 0.2) is 12.3 Å². The lowest BCUT2D eigenvalue weighted by atomic mass is 10.1. The van der Waals surface area contributed by atoms with Crippen LogP contribution < -0.4 is 11.4 Å². The topological polar surface area (TPSA) is 306 Å². The van der Waals surface area contributed by atoms with Crippen LogP contribution in [0.5, 0.6) is 0 Å². The van der Waals surface area contributed by atoms with Crippen molar-refractivity contribution in [3.63, 3.8) is 0 Å². The quantitative estimate of drug-likeness (QED) is 0.0105. The molecule has 77 heavy (non-hydrogen) atoms. The van der Waals surface area contributed by atoms with Crippen LogP contribution in [-0.2, 0) is 46.3 Å². The van der Waals surface area contributed by atoms with Crippen molar-refractivity contribution in [1.82, 2.24) is 9.55 Å². The number of nitrogens with two attached hydrogens (primary N) is 1. The number of aliphatic hydroxyl groups excluding tert-OH is 4. The molecule has 9 atom stereocenters. The van der Waals surface area contributed by atoms with Gasteiger partial charge in [0.25, 0.3) is 0 Å². The molecule has 1 aliphatic rings. The highest BCUT2D eigenvalue weighted by Crippen LogP contribution is 2.60. The molecule has 2 rings (SSSR count). The average molecular weight is 1130 g/mol. The first kappa shape index (κ1) is 69.0. The van der Waals surface area contributed by atoms with Gasteiger partial charge in [-0.1, -0.05) is 163 Å². The second kappa shape index (κ2) is 41.8. The van der Waals surface area contributed by atoms with E-state index in [0.717, 1.165) is 94.2 Å². The zero-order valence-electron chi connectivity index (χ0n) is 45.2. The molecule has 436 valence electrons. The molecule has 2 heterocycles. The summed E-state index contributed by atoms with van der Waals surface area (Å²) in [5.74, 6) is -1.56. The Hall–Kier alpha value is -4.14. The van der Waals surface area contributed by atoms with Gasteiger partial charge >= 0.3 is 33.3 Å². The maximum absolute atomic E-state index is 12.9. The van der Waals surface area contributed by atoms with Gasteiger partial charge in [0.2, 0.25) is 0 Å². The van der Waals surface area contributed by atoms with E-state index >= 15 is 0 Å². The Morgan fingerprint density at radius 3 is 1.84 bits per heavy atom. The molecule has 0 amide bonds. The normalized spacial score (nSPS) is 20.1. The summed E-state index contributed by atoms with van der Waals surface area (Å²) in [6, 6.07) is 1.23. The van der Waals surface area contributed by atoms with E-state index in [-0.39, 0.29) is 31.5 Å². The summed E-state index contributed by atoms with van der Waals surface area (Å²) < 4.78 is 56.7. The number of hydrogen-bond acceptors (Lipinski definition) is 17. The van der Waals surface area contributed by atoms with Crippen molar-refractivity contribution < 1.29 is 76.5 Å². The van der Waals surface area contributed by atoms with E-state index in [1.807, 2.05) is 24.3 Å². The van der Waals surface area contributed by atoms with Crippen LogP contribution in [0, 0.1) is 0 Å². The molecule has 2 unspecified atom stereocenters. The molecule has 0 saturated carbocycles. The van der Waals surface area contributed by atoms with E-state index in [1.54, 1.807) is 24.3 Å². The lowest BCUT2D eigenvalue weighted by Crippen LogP contribution is -2.36. The molecule has 22 heteroatoms. The third kappa shape index (κ3) is 34.5. The van der Waals surface area contributed by atoms with E-state index in [4.69, 9.17) is 29.0 Å². The predicted molar refractivity (Wildman–Crippen MR) is 296 cm³/mol. The zero-order valence-corrected chi connectivity index (χ0v) is 47.0. The summed E-state index contributed by atoms with van der Waals surface area (Å²) >= 11 is 0. The maximum atomic E-state index is 12.9. The fraction of sp³-hybridized carbons (Fsp3) is 0.636. The Morgan fingerprint density at radius 1 is 0.688 bits per heavy atom. The van der Waals surface area contributed by atoms with E-state index in [9.17, 15) is 53.7 Å². The number of esters is 2. The largest absolute Gasteiger partial charge is 0.481 e. The number of phosphoric ester groups is 2. The molecule has 0 aliphatic carbocycles. The van der Waals surface area contributed by atoms with Crippen molar-refractivity contribution >= 4 is 33.4 Å². The van der Waals surface area contributed by atoms with Crippen molar-refractivity contribution in [2.75, 3.05) is 25.6 Å². The molecule has 1 aliphatic heterocycles. The Labute approximate surface area is 455 Å². The lowest BCUT2D eigenvalue weighted by Gasteiger charge is -2.21.